The van der Waals surface area contributed by atoms with Crippen molar-refractivity contribution in [3.63, 3.8) is 0 Å². The van der Waals surface area contributed by atoms with Gasteiger partial charge in [0.15, 0.2) is 0 Å². The summed E-state index contributed by atoms with van der Waals surface area (Å²) in [6, 6.07) is 8.47. The van der Waals surface area contributed by atoms with E-state index in [1.807, 2.05) is 23.6 Å². The Labute approximate surface area is 116 Å². The summed E-state index contributed by atoms with van der Waals surface area (Å²) in [6.07, 6.45) is 5.07. The lowest BCUT2D eigenvalue weighted by Gasteiger charge is -2.01. The summed E-state index contributed by atoms with van der Waals surface area (Å²) in [6.45, 7) is 3.62. The number of pyridine rings is 1. The van der Waals surface area contributed by atoms with E-state index in [1.165, 1.54) is 9.75 Å². The fourth-order valence-electron chi connectivity index (χ4n) is 2.34. The fourth-order valence-corrected chi connectivity index (χ4v) is 3.30. The lowest BCUT2D eigenvalue weighted by Crippen LogP contribution is -1.97. The van der Waals surface area contributed by atoms with Gasteiger partial charge < -0.3 is 10.3 Å². The van der Waals surface area contributed by atoms with E-state index >= 15 is 0 Å². The van der Waals surface area contributed by atoms with Crippen molar-refractivity contribution in [3.8, 4) is 0 Å². The number of aromatic nitrogens is 2. The highest BCUT2D eigenvalue weighted by Crippen LogP contribution is 2.23. The fraction of sp³-hybridized carbons (Fsp3) is 0.267. The first kappa shape index (κ1) is 12.4. The molecule has 0 aromatic carbocycles. The summed E-state index contributed by atoms with van der Waals surface area (Å²) in [5, 5.41) is 1.16. The largest absolute Gasteiger partial charge is 0.327 e. The number of thiophene rings is 1. The number of nitrogens with two attached hydrogens (primary N) is 1. The molecule has 0 aliphatic heterocycles. The van der Waals surface area contributed by atoms with Crippen molar-refractivity contribution >= 4 is 22.4 Å². The van der Waals surface area contributed by atoms with Crippen molar-refractivity contribution in [3.05, 3.63) is 52.0 Å². The van der Waals surface area contributed by atoms with Gasteiger partial charge in [0.2, 0.25) is 0 Å². The molecule has 98 valence electrons. The Hall–Kier alpha value is -1.65. The molecule has 0 aliphatic carbocycles. The van der Waals surface area contributed by atoms with Crippen molar-refractivity contribution in [2.24, 2.45) is 5.73 Å². The molecule has 3 nitrogen and oxygen atoms in total. The number of hydrogen-bond acceptors (Lipinski definition) is 3. The highest BCUT2D eigenvalue weighted by molar-refractivity contribution is 7.11. The molecule has 0 aliphatic rings. The Morgan fingerprint density at radius 3 is 2.84 bits per heavy atom. The monoisotopic (exact) mass is 271 g/mol. The molecule has 0 atom stereocenters. The zero-order valence-electron chi connectivity index (χ0n) is 11.0. The third kappa shape index (κ3) is 2.29. The van der Waals surface area contributed by atoms with Gasteiger partial charge in [0.05, 0.1) is 6.54 Å². The second kappa shape index (κ2) is 5.15. The summed E-state index contributed by atoms with van der Waals surface area (Å²) in [5.74, 6) is 0. The van der Waals surface area contributed by atoms with Crippen LogP contribution in [-0.2, 0) is 19.5 Å². The van der Waals surface area contributed by atoms with Crippen molar-refractivity contribution in [2.75, 3.05) is 0 Å². The van der Waals surface area contributed by atoms with Crippen molar-refractivity contribution < 1.29 is 0 Å². The minimum Gasteiger partial charge on any atom is -0.327 e. The second-order valence-electron chi connectivity index (χ2n) is 4.58. The van der Waals surface area contributed by atoms with E-state index < -0.39 is 0 Å². The maximum absolute atomic E-state index is 5.81. The third-order valence-electron chi connectivity index (χ3n) is 3.33. The summed E-state index contributed by atoms with van der Waals surface area (Å²) in [7, 11) is 0. The minimum atomic E-state index is 0.555. The first-order valence-electron chi connectivity index (χ1n) is 6.52. The van der Waals surface area contributed by atoms with Gasteiger partial charge in [-0.05, 0) is 36.2 Å². The topological polar surface area (TPSA) is 43.8 Å². The standard InChI is InChI=1S/C15H17N3S/c1-2-12-5-6-13(19-12)10-18-9-11(8-16)14-4-3-7-17-15(14)18/h3-7,9H,2,8,10,16H2,1H3. The average Bonchev–Trinajstić information content (AvgIpc) is 3.04. The van der Waals surface area contributed by atoms with Gasteiger partial charge in [0, 0.05) is 34.1 Å². The number of rotatable bonds is 4. The van der Waals surface area contributed by atoms with Gasteiger partial charge >= 0.3 is 0 Å². The summed E-state index contributed by atoms with van der Waals surface area (Å²) in [4.78, 5) is 7.28. The van der Waals surface area contributed by atoms with Gasteiger partial charge in [-0.25, -0.2) is 4.98 Å². The molecule has 3 aromatic rings. The summed E-state index contributed by atoms with van der Waals surface area (Å²) >= 11 is 1.87. The van der Waals surface area contributed by atoms with Crippen LogP contribution in [0, 0.1) is 0 Å². The van der Waals surface area contributed by atoms with Crippen molar-refractivity contribution in [1.82, 2.24) is 9.55 Å². The van der Waals surface area contributed by atoms with Crippen LogP contribution in [0.4, 0.5) is 0 Å². The van der Waals surface area contributed by atoms with Gasteiger partial charge in [-0.3, -0.25) is 0 Å². The van der Waals surface area contributed by atoms with Crippen LogP contribution in [0.5, 0.6) is 0 Å². The van der Waals surface area contributed by atoms with Gasteiger partial charge in [-0.2, -0.15) is 0 Å². The number of aryl methyl sites for hydroxylation is 1. The van der Waals surface area contributed by atoms with Crippen LogP contribution < -0.4 is 5.73 Å². The SMILES string of the molecule is CCc1ccc(Cn2cc(CN)c3cccnc32)s1. The van der Waals surface area contributed by atoms with E-state index in [0.29, 0.717) is 6.54 Å². The van der Waals surface area contributed by atoms with Gasteiger partial charge in [-0.15, -0.1) is 11.3 Å². The molecule has 0 radical (unpaired) electrons. The normalized spacial score (nSPS) is 11.3. The van der Waals surface area contributed by atoms with E-state index in [1.54, 1.807) is 0 Å². The predicted octanol–water partition coefficient (Wildman–Crippen LogP) is 3.17. The van der Waals surface area contributed by atoms with Crippen LogP contribution >= 0.6 is 11.3 Å². The predicted molar refractivity (Wildman–Crippen MR) is 80.4 cm³/mol. The average molecular weight is 271 g/mol. The Bertz CT molecular complexity index is 696. The minimum absolute atomic E-state index is 0.555. The smallest absolute Gasteiger partial charge is 0.140 e. The van der Waals surface area contributed by atoms with E-state index in [0.717, 1.165) is 29.6 Å². The zero-order chi connectivity index (χ0) is 13.2. The van der Waals surface area contributed by atoms with Crippen molar-refractivity contribution in [1.29, 1.82) is 0 Å². The summed E-state index contributed by atoms with van der Waals surface area (Å²) < 4.78 is 2.20. The van der Waals surface area contributed by atoms with E-state index in [-0.39, 0.29) is 0 Å². The van der Waals surface area contributed by atoms with E-state index in [2.05, 4.69) is 40.9 Å². The molecule has 0 spiro atoms. The molecule has 0 amide bonds. The number of hydrogen-bond donors (Lipinski definition) is 1. The molecule has 0 saturated carbocycles. The third-order valence-corrected chi connectivity index (χ3v) is 4.54. The molecular weight excluding hydrogens is 254 g/mol. The molecule has 4 heteroatoms. The maximum atomic E-state index is 5.81. The molecule has 0 unspecified atom stereocenters. The maximum Gasteiger partial charge on any atom is 0.140 e. The molecule has 2 N–H and O–H groups in total. The molecule has 0 saturated heterocycles. The molecular formula is C15H17N3S. The van der Waals surface area contributed by atoms with E-state index in [9.17, 15) is 0 Å². The highest BCUT2D eigenvalue weighted by atomic mass is 32.1. The second-order valence-corrected chi connectivity index (χ2v) is 5.84. The lowest BCUT2D eigenvalue weighted by atomic mass is 10.2. The van der Waals surface area contributed by atoms with Crippen LogP contribution in [0.1, 0.15) is 22.2 Å². The van der Waals surface area contributed by atoms with Gasteiger partial charge in [0.25, 0.3) is 0 Å². The first-order chi connectivity index (χ1) is 9.31. The molecule has 3 heterocycles. The van der Waals surface area contributed by atoms with Crippen LogP contribution in [-0.4, -0.2) is 9.55 Å². The van der Waals surface area contributed by atoms with Gasteiger partial charge in [0.1, 0.15) is 5.65 Å². The van der Waals surface area contributed by atoms with Crippen molar-refractivity contribution in [2.45, 2.75) is 26.4 Å². The quantitative estimate of drug-likeness (QED) is 0.792. The summed E-state index contributed by atoms with van der Waals surface area (Å²) in [5.41, 5.74) is 7.99. The number of nitrogens with zero attached hydrogens (tertiary/aromatic N) is 2. The molecule has 19 heavy (non-hydrogen) atoms. The van der Waals surface area contributed by atoms with Crippen LogP contribution in [0.15, 0.2) is 36.7 Å². The molecule has 3 rings (SSSR count). The zero-order valence-corrected chi connectivity index (χ0v) is 11.8. The lowest BCUT2D eigenvalue weighted by molar-refractivity contribution is 0.832. The first-order valence-corrected chi connectivity index (χ1v) is 7.34. The van der Waals surface area contributed by atoms with Crippen LogP contribution in [0.3, 0.4) is 0 Å². The van der Waals surface area contributed by atoms with E-state index in [4.69, 9.17) is 5.73 Å². The van der Waals surface area contributed by atoms with Crippen LogP contribution in [0.25, 0.3) is 11.0 Å². The Morgan fingerprint density at radius 2 is 2.11 bits per heavy atom. The Balaban J connectivity index is 2.00. The molecule has 0 bridgehead atoms. The number of fused-ring (bicyclic) bond motifs is 1. The van der Waals surface area contributed by atoms with Gasteiger partial charge in [-0.1, -0.05) is 6.92 Å². The Morgan fingerprint density at radius 1 is 1.26 bits per heavy atom. The van der Waals surface area contributed by atoms with Crippen LogP contribution in [0.2, 0.25) is 0 Å². The molecule has 3 aromatic heterocycles. The Kier molecular flexibility index (Phi) is 3.36. The highest BCUT2D eigenvalue weighted by Gasteiger charge is 2.09. The molecule has 0 fully saturated rings.